The lowest BCUT2D eigenvalue weighted by molar-refractivity contribution is 0.114. The number of guanidine groups is 1. The van der Waals surface area contributed by atoms with Gasteiger partial charge in [-0.1, -0.05) is 6.08 Å². The van der Waals surface area contributed by atoms with Crippen LogP contribution in [0.4, 0.5) is 0 Å². The second kappa shape index (κ2) is 7.63. The molecule has 2 rings (SSSR count). The van der Waals surface area contributed by atoms with Crippen molar-refractivity contribution in [2.75, 3.05) is 19.7 Å². The van der Waals surface area contributed by atoms with E-state index >= 15 is 0 Å². The van der Waals surface area contributed by atoms with E-state index in [0.717, 1.165) is 37.7 Å². The molecular weight excluding hydrogens is 242 g/mol. The number of rotatable bonds is 6. The van der Waals surface area contributed by atoms with Gasteiger partial charge in [0.25, 0.3) is 0 Å². The van der Waals surface area contributed by atoms with Crippen LogP contribution in [0.2, 0.25) is 0 Å². The Balaban J connectivity index is 1.82. The third kappa shape index (κ3) is 4.79. The lowest BCUT2D eigenvalue weighted by atomic mass is 10.2. The van der Waals surface area contributed by atoms with Gasteiger partial charge in [-0.05, 0) is 25.0 Å². The fourth-order valence-electron chi connectivity index (χ4n) is 1.92. The smallest absolute Gasteiger partial charge is 0.192 e. The third-order valence-corrected chi connectivity index (χ3v) is 2.91. The lowest BCUT2D eigenvalue weighted by Gasteiger charge is -2.14. The molecular formula is C14H21N3O2. The Labute approximate surface area is 113 Å². The van der Waals surface area contributed by atoms with E-state index in [4.69, 9.17) is 9.15 Å². The monoisotopic (exact) mass is 263 g/mol. The highest BCUT2D eigenvalue weighted by Gasteiger charge is 2.15. The van der Waals surface area contributed by atoms with E-state index in [1.807, 2.05) is 12.1 Å². The molecule has 1 saturated heterocycles. The minimum Gasteiger partial charge on any atom is -0.467 e. The predicted octanol–water partition coefficient (Wildman–Crippen LogP) is 1.68. The molecule has 1 aliphatic heterocycles. The fraction of sp³-hybridized carbons (Fsp3) is 0.500. The second-order valence-corrected chi connectivity index (χ2v) is 4.43. The minimum atomic E-state index is 0.291. The number of nitrogens with zero attached hydrogens (tertiary/aromatic N) is 1. The van der Waals surface area contributed by atoms with Crippen molar-refractivity contribution in [2.45, 2.75) is 25.5 Å². The molecule has 0 aliphatic carbocycles. The van der Waals surface area contributed by atoms with Crippen LogP contribution in [-0.2, 0) is 11.3 Å². The van der Waals surface area contributed by atoms with Crippen LogP contribution in [0, 0.1) is 0 Å². The van der Waals surface area contributed by atoms with Gasteiger partial charge in [0, 0.05) is 19.7 Å². The van der Waals surface area contributed by atoms with Crippen molar-refractivity contribution in [3.63, 3.8) is 0 Å². The molecule has 19 heavy (non-hydrogen) atoms. The maximum Gasteiger partial charge on any atom is 0.192 e. The zero-order valence-electron chi connectivity index (χ0n) is 11.1. The summed E-state index contributed by atoms with van der Waals surface area (Å²) in [5.41, 5.74) is 0. The van der Waals surface area contributed by atoms with Crippen LogP contribution in [0.25, 0.3) is 0 Å². The Hall–Kier alpha value is -1.75. The first kappa shape index (κ1) is 13.7. The molecule has 0 aromatic carbocycles. The second-order valence-electron chi connectivity index (χ2n) is 4.43. The van der Waals surface area contributed by atoms with Gasteiger partial charge in [0.2, 0.25) is 0 Å². The number of hydrogen-bond donors (Lipinski definition) is 2. The predicted molar refractivity (Wildman–Crippen MR) is 75.0 cm³/mol. The molecule has 1 atom stereocenters. The summed E-state index contributed by atoms with van der Waals surface area (Å²) in [6.45, 7) is 6.53. The van der Waals surface area contributed by atoms with Gasteiger partial charge in [-0.3, -0.25) is 0 Å². The fourth-order valence-corrected chi connectivity index (χ4v) is 1.92. The van der Waals surface area contributed by atoms with Crippen molar-refractivity contribution in [3.8, 4) is 0 Å². The highest BCUT2D eigenvalue weighted by molar-refractivity contribution is 5.79. The molecule has 0 saturated carbocycles. The zero-order chi connectivity index (χ0) is 13.3. The first-order valence-corrected chi connectivity index (χ1v) is 6.65. The Morgan fingerprint density at radius 2 is 2.47 bits per heavy atom. The molecule has 2 heterocycles. The molecule has 1 aliphatic rings. The summed E-state index contributed by atoms with van der Waals surface area (Å²) in [6.07, 6.45) is 6.00. The van der Waals surface area contributed by atoms with E-state index in [2.05, 4.69) is 22.2 Å². The van der Waals surface area contributed by atoms with Gasteiger partial charge in [-0.2, -0.15) is 0 Å². The van der Waals surface area contributed by atoms with E-state index in [1.165, 1.54) is 0 Å². The first-order valence-electron chi connectivity index (χ1n) is 6.65. The van der Waals surface area contributed by atoms with Crippen LogP contribution < -0.4 is 10.6 Å². The van der Waals surface area contributed by atoms with Crippen LogP contribution in [0.15, 0.2) is 40.5 Å². The van der Waals surface area contributed by atoms with E-state index < -0.39 is 0 Å². The molecule has 0 radical (unpaired) electrons. The van der Waals surface area contributed by atoms with Crippen molar-refractivity contribution < 1.29 is 9.15 Å². The number of aliphatic imine (C=N–C) groups is 1. The van der Waals surface area contributed by atoms with Gasteiger partial charge < -0.3 is 19.8 Å². The maximum absolute atomic E-state index is 5.57. The van der Waals surface area contributed by atoms with Crippen LogP contribution in [-0.4, -0.2) is 31.8 Å². The Bertz CT molecular complexity index is 395. The van der Waals surface area contributed by atoms with Gasteiger partial charge in [0.15, 0.2) is 5.96 Å². The number of nitrogens with one attached hydrogen (secondary N) is 2. The van der Waals surface area contributed by atoms with Crippen molar-refractivity contribution in [2.24, 2.45) is 4.99 Å². The lowest BCUT2D eigenvalue weighted by Crippen LogP contribution is -2.41. The van der Waals surface area contributed by atoms with Gasteiger partial charge in [-0.25, -0.2) is 4.99 Å². The zero-order valence-corrected chi connectivity index (χ0v) is 11.1. The van der Waals surface area contributed by atoms with Crippen molar-refractivity contribution in [1.82, 2.24) is 10.6 Å². The number of furan rings is 1. The molecule has 5 heteroatoms. The van der Waals surface area contributed by atoms with Gasteiger partial charge >= 0.3 is 0 Å². The Morgan fingerprint density at radius 3 is 3.16 bits per heavy atom. The van der Waals surface area contributed by atoms with Crippen LogP contribution >= 0.6 is 0 Å². The summed E-state index contributed by atoms with van der Waals surface area (Å²) in [4.78, 5) is 4.46. The molecule has 5 nitrogen and oxygen atoms in total. The van der Waals surface area contributed by atoms with E-state index in [0.29, 0.717) is 19.2 Å². The molecule has 2 N–H and O–H groups in total. The summed E-state index contributed by atoms with van der Waals surface area (Å²) in [5.74, 6) is 1.60. The topological polar surface area (TPSA) is 58.8 Å². The minimum absolute atomic E-state index is 0.291. The van der Waals surface area contributed by atoms with E-state index in [1.54, 1.807) is 12.3 Å². The highest BCUT2D eigenvalue weighted by atomic mass is 16.5. The molecule has 0 spiro atoms. The summed E-state index contributed by atoms with van der Waals surface area (Å²) in [6, 6.07) is 3.77. The third-order valence-electron chi connectivity index (χ3n) is 2.91. The van der Waals surface area contributed by atoms with Crippen molar-refractivity contribution in [1.29, 1.82) is 0 Å². The van der Waals surface area contributed by atoms with Crippen LogP contribution in [0.1, 0.15) is 18.6 Å². The largest absolute Gasteiger partial charge is 0.467 e. The van der Waals surface area contributed by atoms with Crippen molar-refractivity contribution in [3.05, 3.63) is 36.8 Å². The average molecular weight is 263 g/mol. The molecule has 0 bridgehead atoms. The van der Waals surface area contributed by atoms with E-state index in [9.17, 15) is 0 Å². The quantitative estimate of drug-likeness (QED) is 0.466. The summed E-state index contributed by atoms with van der Waals surface area (Å²) in [7, 11) is 0. The van der Waals surface area contributed by atoms with Gasteiger partial charge in [0.05, 0.1) is 12.4 Å². The molecule has 1 aromatic rings. The van der Waals surface area contributed by atoms with Crippen molar-refractivity contribution >= 4 is 5.96 Å². The molecule has 1 fully saturated rings. The van der Waals surface area contributed by atoms with Crippen LogP contribution in [0.3, 0.4) is 0 Å². The standard InChI is InChI=1S/C14H21N3O2/c1-2-7-15-14(16-10-12-5-3-8-18-12)17-11-13-6-4-9-19-13/h2-3,5,8,13H,1,4,6-7,9-11H2,(H2,15,16,17). The Kier molecular flexibility index (Phi) is 5.49. The van der Waals surface area contributed by atoms with Gasteiger partial charge in [-0.15, -0.1) is 6.58 Å². The average Bonchev–Trinajstić information content (AvgIpc) is 3.11. The highest BCUT2D eigenvalue weighted by Crippen LogP contribution is 2.10. The summed E-state index contributed by atoms with van der Waals surface area (Å²) < 4.78 is 10.8. The van der Waals surface area contributed by atoms with Gasteiger partial charge in [0.1, 0.15) is 12.3 Å². The van der Waals surface area contributed by atoms with E-state index in [-0.39, 0.29) is 0 Å². The Morgan fingerprint density at radius 1 is 1.53 bits per heavy atom. The number of ether oxygens (including phenoxy) is 1. The summed E-state index contributed by atoms with van der Waals surface area (Å²) >= 11 is 0. The molecule has 1 unspecified atom stereocenters. The SMILES string of the molecule is C=CCNC(=NCc1ccco1)NCC1CCCO1. The molecule has 1 aromatic heterocycles. The maximum atomic E-state index is 5.57. The summed E-state index contributed by atoms with van der Waals surface area (Å²) in [5, 5.41) is 6.46. The number of hydrogen-bond acceptors (Lipinski definition) is 3. The molecule has 104 valence electrons. The first-order chi connectivity index (χ1) is 9.38. The normalized spacial score (nSPS) is 19.4. The van der Waals surface area contributed by atoms with Crippen LogP contribution in [0.5, 0.6) is 0 Å². The molecule has 0 amide bonds.